The lowest BCUT2D eigenvalue weighted by molar-refractivity contribution is -0.137. The average molecular weight is 527 g/mol. The van der Waals surface area contributed by atoms with E-state index in [0.29, 0.717) is 41.2 Å². The van der Waals surface area contributed by atoms with Crippen LogP contribution in [0.25, 0.3) is 5.57 Å². The second-order valence-electron chi connectivity index (χ2n) is 11.7. The summed E-state index contributed by atoms with van der Waals surface area (Å²) in [5.41, 5.74) is 3.60. The largest absolute Gasteiger partial charge is 0.495 e. The normalized spacial score (nSPS) is 24.6. The molecule has 0 bridgehead atoms. The SMILES string of the molecule is COc1c(C(=O)C2CCC(Cc3ccccc3)CC2)ccc2c1C(C(=O)C(=O)CC1C(=O)CCCC1C)=CC2. The van der Waals surface area contributed by atoms with E-state index in [1.165, 1.54) is 12.7 Å². The van der Waals surface area contributed by atoms with Crippen LogP contribution in [0, 0.1) is 23.7 Å². The Kier molecular flexibility index (Phi) is 8.25. The second-order valence-corrected chi connectivity index (χ2v) is 11.7. The molecule has 2 atom stereocenters. The molecule has 2 fully saturated rings. The third-order valence-electron chi connectivity index (χ3n) is 9.18. The van der Waals surface area contributed by atoms with Gasteiger partial charge in [-0.15, -0.1) is 0 Å². The number of carbonyl (C=O) groups is 4. The number of ether oxygens (including phenoxy) is 1. The first-order valence-corrected chi connectivity index (χ1v) is 14.5. The first-order chi connectivity index (χ1) is 18.9. The van der Waals surface area contributed by atoms with Gasteiger partial charge in [0.2, 0.25) is 11.6 Å². The van der Waals surface area contributed by atoms with Gasteiger partial charge in [-0.2, -0.15) is 0 Å². The van der Waals surface area contributed by atoms with Crippen LogP contribution in [0.2, 0.25) is 0 Å². The smallest absolute Gasteiger partial charge is 0.229 e. The first kappa shape index (κ1) is 27.2. The van der Waals surface area contributed by atoms with Crippen LogP contribution in [0.5, 0.6) is 5.75 Å². The Morgan fingerprint density at radius 3 is 2.38 bits per heavy atom. The number of hydrogen-bond donors (Lipinski definition) is 0. The van der Waals surface area contributed by atoms with Gasteiger partial charge in [0.1, 0.15) is 11.5 Å². The van der Waals surface area contributed by atoms with Gasteiger partial charge in [-0.05, 0) is 80.4 Å². The molecule has 0 saturated heterocycles. The zero-order valence-corrected chi connectivity index (χ0v) is 23.0. The molecule has 0 radical (unpaired) electrons. The number of rotatable bonds is 9. The molecule has 2 aromatic rings. The number of hydrogen-bond acceptors (Lipinski definition) is 5. The van der Waals surface area contributed by atoms with Crippen LogP contribution in [0.15, 0.2) is 48.5 Å². The third kappa shape index (κ3) is 5.68. The number of methoxy groups -OCH3 is 1. The van der Waals surface area contributed by atoms with Crippen molar-refractivity contribution in [3.63, 3.8) is 0 Å². The highest BCUT2D eigenvalue weighted by atomic mass is 16.5. The van der Waals surface area contributed by atoms with Crippen LogP contribution in [0.4, 0.5) is 0 Å². The van der Waals surface area contributed by atoms with Crippen LogP contribution < -0.4 is 4.74 Å². The standard InChI is InChI=1S/C34H38O5/c1-21-7-6-10-29(35)28(21)20-30(36)33(38)26-17-15-24-16-18-27(34(39-2)31(24)26)32(37)25-13-11-23(12-14-25)19-22-8-4-3-5-9-22/h3-5,8-9,16-18,21,23,25,28H,6-7,10-15,19-20H2,1-2H3. The van der Waals surface area contributed by atoms with E-state index in [1.54, 1.807) is 6.08 Å². The van der Waals surface area contributed by atoms with Crippen molar-refractivity contribution in [1.82, 2.24) is 0 Å². The van der Waals surface area contributed by atoms with Crippen molar-refractivity contribution in [1.29, 1.82) is 0 Å². The van der Waals surface area contributed by atoms with Gasteiger partial charge >= 0.3 is 0 Å². The Labute approximate surface area is 231 Å². The van der Waals surface area contributed by atoms with Crippen molar-refractivity contribution in [2.45, 2.75) is 71.1 Å². The van der Waals surface area contributed by atoms with Gasteiger partial charge in [0.05, 0.1) is 12.7 Å². The van der Waals surface area contributed by atoms with Crippen molar-refractivity contribution in [2.75, 3.05) is 7.11 Å². The minimum Gasteiger partial charge on any atom is -0.495 e. The van der Waals surface area contributed by atoms with Crippen LogP contribution in [0.1, 0.15) is 85.3 Å². The molecule has 5 nitrogen and oxygen atoms in total. The molecule has 3 aliphatic rings. The van der Waals surface area contributed by atoms with E-state index < -0.39 is 11.6 Å². The second kappa shape index (κ2) is 11.8. The van der Waals surface area contributed by atoms with Gasteiger partial charge in [-0.1, -0.05) is 49.4 Å². The topological polar surface area (TPSA) is 77.5 Å². The number of benzene rings is 2. The fourth-order valence-corrected chi connectivity index (χ4v) is 6.87. The maximum Gasteiger partial charge on any atom is 0.229 e. The molecule has 0 aliphatic heterocycles. The number of carbonyl (C=O) groups excluding carboxylic acids is 4. The first-order valence-electron chi connectivity index (χ1n) is 14.5. The lowest BCUT2D eigenvalue weighted by Gasteiger charge is -2.28. The minimum atomic E-state index is -0.580. The maximum absolute atomic E-state index is 13.7. The minimum absolute atomic E-state index is 0.0430. The Morgan fingerprint density at radius 1 is 0.949 bits per heavy atom. The van der Waals surface area contributed by atoms with Crippen molar-refractivity contribution in [3.8, 4) is 5.75 Å². The molecule has 5 heteroatoms. The number of ketones is 4. The number of allylic oxidation sites excluding steroid dienone is 2. The lowest BCUT2D eigenvalue weighted by Crippen LogP contribution is -2.31. The highest BCUT2D eigenvalue weighted by Crippen LogP contribution is 2.42. The molecule has 2 unspecified atom stereocenters. The van der Waals surface area contributed by atoms with Gasteiger partial charge in [-0.25, -0.2) is 0 Å². The van der Waals surface area contributed by atoms with Crippen LogP contribution in [-0.2, 0) is 27.2 Å². The summed E-state index contributed by atoms with van der Waals surface area (Å²) in [6.45, 7) is 1.99. The molecule has 0 amide bonds. The summed E-state index contributed by atoms with van der Waals surface area (Å²) >= 11 is 0. The third-order valence-corrected chi connectivity index (χ3v) is 9.18. The Morgan fingerprint density at radius 2 is 1.69 bits per heavy atom. The summed E-state index contributed by atoms with van der Waals surface area (Å²) in [5.74, 6) is -0.350. The van der Waals surface area contributed by atoms with E-state index in [2.05, 4.69) is 24.3 Å². The van der Waals surface area contributed by atoms with E-state index >= 15 is 0 Å². The van der Waals surface area contributed by atoms with Crippen molar-refractivity contribution >= 4 is 28.7 Å². The maximum atomic E-state index is 13.7. The van der Waals surface area contributed by atoms with Crippen molar-refractivity contribution in [3.05, 3.63) is 70.8 Å². The molecular weight excluding hydrogens is 488 g/mol. The van der Waals surface area contributed by atoms with Gasteiger partial charge in [0, 0.05) is 35.8 Å². The zero-order chi connectivity index (χ0) is 27.5. The van der Waals surface area contributed by atoms with E-state index in [-0.39, 0.29) is 35.7 Å². The predicted octanol–water partition coefficient (Wildman–Crippen LogP) is 6.40. The van der Waals surface area contributed by atoms with E-state index in [9.17, 15) is 19.2 Å². The molecule has 3 aliphatic carbocycles. The molecule has 5 rings (SSSR count). The fourth-order valence-electron chi connectivity index (χ4n) is 6.87. The summed E-state index contributed by atoms with van der Waals surface area (Å²) in [7, 11) is 1.52. The lowest BCUT2D eigenvalue weighted by atomic mass is 9.76. The molecule has 2 aromatic carbocycles. The monoisotopic (exact) mass is 526 g/mol. The van der Waals surface area contributed by atoms with Crippen LogP contribution in [-0.4, -0.2) is 30.2 Å². The highest BCUT2D eigenvalue weighted by molar-refractivity contribution is 6.54. The molecular formula is C34H38O5. The summed E-state index contributed by atoms with van der Waals surface area (Å²) in [5, 5.41) is 0. The molecule has 0 spiro atoms. The zero-order valence-electron chi connectivity index (χ0n) is 23.0. The summed E-state index contributed by atoms with van der Waals surface area (Å²) in [6.07, 6.45) is 9.20. The van der Waals surface area contributed by atoms with E-state index in [1.807, 2.05) is 25.1 Å². The molecule has 2 saturated carbocycles. The van der Waals surface area contributed by atoms with E-state index in [4.69, 9.17) is 4.74 Å². The average Bonchev–Trinajstić information content (AvgIpc) is 3.39. The highest BCUT2D eigenvalue weighted by Gasteiger charge is 2.36. The predicted molar refractivity (Wildman–Crippen MR) is 151 cm³/mol. The van der Waals surface area contributed by atoms with Crippen molar-refractivity contribution < 1.29 is 23.9 Å². The van der Waals surface area contributed by atoms with E-state index in [0.717, 1.165) is 50.5 Å². The quantitative estimate of drug-likeness (QED) is 0.279. The van der Waals surface area contributed by atoms with Gasteiger partial charge in [0.15, 0.2) is 5.78 Å². The summed E-state index contributed by atoms with van der Waals surface area (Å²) in [6, 6.07) is 14.2. The van der Waals surface area contributed by atoms with Gasteiger partial charge < -0.3 is 4.74 Å². The Hall–Kier alpha value is -3.34. The van der Waals surface area contributed by atoms with Crippen LogP contribution in [0.3, 0.4) is 0 Å². The summed E-state index contributed by atoms with van der Waals surface area (Å²) < 4.78 is 5.77. The molecule has 39 heavy (non-hydrogen) atoms. The van der Waals surface area contributed by atoms with Crippen molar-refractivity contribution in [2.24, 2.45) is 23.7 Å². The summed E-state index contributed by atoms with van der Waals surface area (Å²) in [4.78, 5) is 52.6. The number of Topliss-reactive ketones (excluding diaryl/α,β-unsaturated/α-hetero) is 4. The van der Waals surface area contributed by atoms with Gasteiger partial charge in [-0.3, -0.25) is 19.2 Å². The molecule has 0 heterocycles. The molecule has 0 N–H and O–H groups in total. The molecule has 204 valence electrons. The fraction of sp³-hybridized carbons (Fsp3) is 0.471. The molecule has 0 aromatic heterocycles. The Balaban J connectivity index is 1.30. The number of fused-ring (bicyclic) bond motifs is 1. The van der Waals surface area contributed by atoms with Crippen LogP contribution >= 0.6 is 0 Å². The van der Waals surface area contributed by atoms with Gasteiger partial charge in [0.25, 0.3) is 0 Å². The Bertz CT molecular complexity index is 1300.